The molecule has 0 aliphatic carbocycles. The molecule has 1 fully saturated rings. The van der Waals surface area contributed by atoms with Crippen molar-refractivity contribution in [1.29, 1.82) is 0 Å². The maximum atomic E-state index is 12.9. The predicted molar refractivity (Wildman–Crippen MR) is 103 cm³/mol. The number of likely N-dealkylation sites (tertiary alicyclic amines) is 1. The molecule has 1 aliphatic heterocycles. The van der Waals surface area contributed by atoms with Gasteiger partial charge in [0.1, 0.15) is 5.82 Å². The second-order valence-corrected chi connectivity index (χ2v) is 7.29. The van der Waals surface area contributed by atoms with E-state index in [4.69, 9.17) is 0 Å². The molecule has 1 aromatic heterocycles. The van der Waals surface area contributed by atoms with Crippen molar-refractivity contribution in [3.05, 3.63) is 46.9 Å². The lowest BCUT2D eigenvalue weighted by Crippen LogP contribution is -2.46. The summed E-state index contributed by atoms with van der Waals surface area (Å²) in [4.78, 5) is 25.1. The maximum absolute atomic E-state index is 12.9. The Morgan fingerprint density at radius 2 is 1.88 bits per heavy atom. The SMILES string of the molecule is CN(c1ncc(Br)cn1)C1CCN(CC(=O)Nc2ccc(F)cc2)CC1. The highest BCUT2D eigenvalue weighted by Gasteiger charge is 2.25. The summed E-state index contributed by atoms with van der Waals surface area (Å²) in [6, 6.07) is 6.15. The summed E-state index contributed by atoms with van der Waals surface area (Å²) >= 11 is 3.34. The van der Waals surface area contributed by atoms with Gasteiger partial charge in [-0.25, -0.2) is 14.4 Å². The lowest BCUT2D eigenvalue weighted by molar-refractivity contribution is -0.117. The molecule has 0 radical (unpaired) electrons. The van der Waals surface area contributed by atoms with Crippen LogP contribution in [0, 0.1) is 5.82 Å². The number of hydrogen-bond donors (Lipinski definition) is 1. The van der Waals surface area contributed by atoms with Crippen LogP contribution in [0.25, 0.3) is 0 Å². The molecule has 1 aromatic carbocycles. The minimum absolute atomic E-state index is 0.0837. The first-order chi connectivity index (χ1) is 12.5. The van der Waals surface area contributed by atoms with Crippen LogP contribution >= 0.6 is 15.9 Å². The average molecular weight is 422 g/mol. The molecule has 6 nitrogen and oxygen atoms in total. The minimum atomic E-state index is -0.316. The molecule has 0 spiro atoms. The van der Waals surface area contributed by atoms with Gasteiger partial charge in [0.25, 0.3) is 0 Å². The topological polar surface area (TPSA) is 61.4 Å². The Kier molecular flexibility index (Phi) is 6.16. The quantitative estimate of drug-likeness (QED) is 0.803. The summed E-state index contributed by atoms with van der Waals surface area (Å²) < 4.78 is 13.8. The zero-order chi connectivity index (χ0) is 18.5. The largest absolute Gasteiger partial charge is 0.341 e. The molecule has 0 atom stereocenters. The van der Waals surface area contributed by atoms with Crippen LogP contribution in [0.1, 0.15) is 12.8 Å². The number of amides is 1. The van der Waals surface area contributed by atoms with E-state index in [2.05, 4.69) is 41.0 Å². The number of rotatable bonds is 5. The van der Waals surface area contributed by atoms with Gasteiger partial charge in [0, 0.05) is 44.3 Å². The smallest absolute Gasteiger partial charge is 0.238 e. The molecule has 1 N–H and O–H groups in total. The van der Waals surface area contributed by atoms with Crippen LogP contribution in [0.5, 0.6) is 0 Å². The molecule has 0 bridgehead atoms. The van der Waals surface area contributed by atoms with E-state index in [0.717, 1.165) is 30.4 Å². The van der Waals surface area contributed by atoms with E-state index < -0.39 is 0 Å². The van der Waals surface area contributed by atoms with Gasteiger partial charge in [0.2, 0.25) is 11.9 Å². The molecule has 8 heteroatoms. The van der Waals surface area contributed by atoms with Gasteiger partial charge in [0.15, 0.2) is 0 Å². The van der Waals surface area contributed by atoms with E-state index >= 15 is 0 Å². The third-order valence-electron chi connectivity index (χ3n) is 4.52. The number of nitrogens with one attached hydrogen (secondary N) is 1. The summed E-state index contributed by atoms with van der Waals surface area (Å²) in [5, 5.41) is 2.80. The first-order valence-electron chi connectivity index (χ1n) is 8.49. The molecular weight excluding hydrogens is 401 g/mol. The molecule has 1 aliphatic rings. The van der Waals surface area contributed by atoms with Crippen molar-refractivity contribution < 1.29 is 9.18 Å². The Morgan fingerprint density at radius 3 is 2.50 bits per heavy atom. The Balaban J connectivity index is 1.46. The average Bonchev–Trinajstić information content (AvgIpc) is 2.64. The molecular formula is C18H21BrFN5O. The molecule has 1 saturated heterocycles. The van der Waals surface area contributed by atoms with Gasteiger partial charge in [-0.05, 0) is 53.0 Å². The summed E-state index contributed by atoms with van der Waals surface area (Å²) in [6.45, 7) is 2.01. The summed E-state index contributed by atoms with van der Waals surface area (Å²) in [6.07, 6.45) is 5.38. The van der Waals surface area contributed by atoms with E-state index in [-0.39, 0.29) is 11.7 Å². The summed E-state index contributed by atoms with van der Waals surface area (Å²) in [5.74, 6) is 0.310. The Labute approximate surface area is 160 Å². The van der Waals surface area contributed by atoms with Gasteiger partial charge >= 0.3 is 0 Å². The number of nitrogens with zero attached hydrogens (tertiary/aromatic N) is 4. The van der Waals surface area contributed by atoms with Crippen LogP contribution in [0.15, 0.2) is 41.1 Å². The molecule has 0 unspecified atom stereocenters. The van der Waals surface area contributed by atoms with E-state index in [9.17, 15) is 9.18 Å². The third-order valence-corrected chi connectivity index (χ3v) is 4.93. The normalized spacial score (nSPS) is 15.7. The standard InChI is InChI=1S/C18H21BrFN5O/c1-24(18-21-10-13(19)11-22-18)16-6-8-25(9-7-16)12-17(26)23-15-4-2-14(20)3-5-15/h2-5,10-11,16H,6-9,12H2,1H3,(H,23,26). The Hall–Kier alpha value is -2.06. The van der Waals surface area contributed by atoms with Crippen molar-refractivity contribution in [2.75, 3.05) is 36.9 Å². The van der Waals surface area contributed by atoms with Crippen LogP contribution in [0.4, 0.5) is 16.0 Å². The lowest BCUT2D eigenvalue weighted by Gasteiger charge is -2.36. The van der Waals surface area contributed by atoms with Crippen LogP contribution in [0.3, 0.4) is 0 Å². The first-order valence-corrected chi connectivity index (χ1v) is 9.29. The van der Waals surface area contributed by atoms with Crippen molar-refractivity contribution in [3.63, 3.8) is 0 Å². The third kappa shape index (κ3) is 4.98. The van der Waals surface area contributed by atoms with Crippen LogP contribution < -0.4 is 10.2 Å². The molecule has 2 aromatic rings. The molecule has 2 heterocycles. The number of anilines is 2. The van der Waals surface area contributed by atoms with Crippen molar-refractivity contribution in [3.8, 4) is 0 Å². The summed E-state index contributed by atoms with van der Waals surface area (Å²) in [7, 11) is 2.00. The van der Waals surface area contributed by atoms with Crippen LogP contribution in [0.2, 0.25) is 0 Å². The highest BCUT2D eigenvalue weighted by molar-refractivity contribution is 9.10. The van der Waals surface area contributed by atoms with Crippen molar-refractivity contribution in [2.24, 2.45) is 0 Å². The van der Waals surface area contributed by atoms with E-state index in [1.165, 1.54) is 12.1 Å². The van der Waals surface area contributed by atoms with Crippen LogP contribution in [-0.4, -0.2) is 53.5 Å². The highest BCUT2D eigenvalue weighted by Crippen LogP contribution is 2.20. The van der Waals surface area contributed by atoms with Crippen LogP contribution in [-0.2, 0) is 4.79 Å². The van der Waals surface area contributed by atoms with E-state index in [0.29, 0.717) is 24.2 Å². The minimum Gasteiger partial charge on any atom is -0.341 e. The number of carbonyl (C=O) groups excluding carboxylic acids is 1. The predicted octanol–water partition coefficient (Wildman–Crippen LogP) is 2.92. The monoisotopic (exact) mass is 421 g/mol. The summed E-state index contributed by atoms with van der Waals surface area (Å²) in [5.41, 5.74) is 0.610. The fourth-order valence-corrected chi connectivity index (χ4v) is 3.26. The Bertz CT molecular complexity index is 732. The molecule has 26 heavy (non-hydrogen) atoms. The zero-order valence-corrected chi connectivity index (χ0v) is 16.1. The number of halogens is 2. The van der Waals surface area contributed by atoms with Gasteiger partial charge in [-0.3, -0.25) is 9.69 Å². The van der Waals surface area contributed by atoms with E-state index in [1.54, 1.807) is 24.5 Å². The first kappa shape index (κ1) is 18.7. The zero-order valence-electron chi connectivity index (χ0n) is 14.5. The molecule has 138 valence electrons. The number of piperidine rings is 1. The van der Waals surface area contributed by atoms with Crippen molar-refractivity contribution in [1.82, 2.24) is 14.9 Å². The number of aromatic nitrogens is 2. The van der Waals surface area contributed by atoms with Gasteiger partial charge < -0.3 is 10.2 Å². The van der Waals surface area contributed by atoms with Crippen molar-refractivity contribution in [2.45, 2.75) is 18.9 Å². The van der Waals surface area contributed by atoms with Crippen molar-refractivity contribution >= 4 is 33.5 Å². The van der Waals surface area contributed by atoms with E-state index in [1.807, 2.05) is 7.05 Å². The molecule has 1 amide bonds. The fourth-order valence-electron chi connectivity index (χ4n) is 3.05. The number of carbonyl (C=O) groups is 1. The van der Waals surface area contributed by atoms with Gasteiger partial charge in [-0.2, -0.15) is 0 Å². The second-order valence-electron chi connectivity index (χ2n) is 6.37. The van der Waals surface area contributed by atoms with Gasteiger partial charge in [-0.15, -0.1) is 0 Å². The van der Waals surface area contributed by atoms with Gasteiger partial charge in [0.05, 0.1) is 11.0 Å². The second kappa shape index (κ2) is 8.55. The molecule has 3 rings (SSSR count). The lowest BCUT2D eigenvalue weighted by atomic mass is 10.0. The fraction of sp³-hybridized carbons (Fsp3) is 0.389. The molecule has 0 saturated carbocycles. The highest BCUT2D eigenvalue weighted by atomic mass is 79.9. The Morgan fingerprint density at radius 1 is 1.27 bits per heavy atom. The number of benzene rings is 1. The number of hydrogen-bond acceptors (Lipinski definition) is 5. The van der Waals surface area contributed by atoms with Gasteiger partial charge in [-0.1, -0.05) is 0 Å². The maximum Gasteiger partial charge on any atom is 0.238 e.